The van der Waals surface area contributed by atoms with Gasteiger partial charge in [-0.2, -0.15) is 0 Å². The zero-order chi connectivity index (χ0) is 15.5. The van der Waals surface area contributed by atoms with Gasteiger partial charge >= 0.3 is 12.0 Å². The number of nitrogens with one attached hydrogen (secondary N) is 2. The van der Waals surface area contributed by atoms with Crippen molar-refractivity contribution in [1.29, 1.82) is 0 Å². The van der Waals surface area contributed by atoms with Crippen molar-refractivity contribution in [2.24, 2.45) is 0 Å². The Kier molecular flexibility index (Phi) is 5.04. The number of carbonyl (C=O) groups is 2. The van der Waals surface area contributed by atoms with E-state index in [0.717, 1.165) is 0 Å². The summed E-state index contributed by atoms with van der Waals surface area (Å²) in [7, 11) is -2.94. The lowest BCUT2D eigenvalue weighted by atomic mass is 10.1. The molecule has 21 heavy (non-hydrogen) atoms. The molecule has 2 aliphatic rings. The number of hydrogen-bond acceptors (Lipinski definition) is 5. The maximum Gasteiger partial charge on any atom is 0.332 e. The number of carboxylic acid groups (broad SMARTS) is 1. The Morgan fingerprint density at radius 3 is 2.38 bits per heavy atom. The number of sulfone groups is 1. The number of hydrogen-bond donors (Lipinski definition) is 3. The van der Waals surface area contributed by atoms with Gasteiger partial charge in [-0.15, -0.1) is 0 Å². The summed E-state index contributed by atoms with van der Waals surface area (Å²) < 4.78 is 27.8. The molecule has 2 heterocycles. The van der Waals surface area contributed by atoms with E-state index in [9.17, 15) is 18.0 Å². The van der Waals surface area contributed by atoms with Gasteiger partial charge in [0.25, 0.3) is 0 Å². The molecular formula is C12H20N2O6S. The van der Waals surface area contributed by atoms with Crippen molar-refractivity contribution >= 4 is 21.8 Å². The number of rotatable bonds is 4. The minimum absolute atomic E-state index is 0.101. The first-order chi connectivity index (χ1) is 9.85. The summed E-state index contributed by atoms with van der Waals surface area (Å²) in [5, 5.41) is 14.2. The van der Waals surface area contributed by atoms with Crippen molar-refractivity contribution in [2.45, 2.75) is 43.9 Å². The maximum absolute atomic E-state index is 11.7. The van der Waals surface area contributed by atoms with Crippen molar-refractivity contribution in [3.05, 3.63) is 0 Å². The standard InChI is InChI=1S/C12H20N2O6S/c15-11(16)10-2-1-9(20-10)7-13-12(17)14-8-3-5-21(18,19)6-4-8/h8-10H,1-7H2,(H,15,16)(H2,13,14,17). The average molecular weight is 320 g/mol. The predicted octanol–water partition coefficient (Wildman–Crippen LogP) is -0.505. The van der Waals surface area contributed by atoms with E-state index in [-0.39, 0.29) is 36.2 Å². The number of urea groups is 1. The fourth-order valence-corrected chi connectivity index (χ4v) is 4.01. The lowest BCUT2D eigenvalue weighted by Crippen LogP contribution is -2.47. The molecule has 0 bridgehead atoms. The van der Waals surface area contributed by atoms with Gasteiger partial charge in [-0.25, -0.2) is 18.0 Å². The monoisotopic (exact) mass is 320 g/mol. The molecule has 0 aliphatic carbocycles. The van der Waals surface area contributed by atoms with E-state index in [1.165, 1.54) is 0 Å². The maximum atomic E-state index is 11.7. The molecule has 0 saturated carbocycles. The molecule has 0 aromatic carbocycles. The zero-order valence-electron chi connectivity index (χ0n) is 11.6. The highest BCUT2D eigenvalue weighted by molar-refractivity contribution is 7.91. The Morgan fingerprint density at radius 1 is 1.14 bits per heavy atom. The second-order valence-corrected chi connectivity index (χ2v) is 7.75. The molecule has 0 aromatic heterocycles. The van der Waals surface area contributed by atoms with Crippen LogP contribution in [0.5, 0.6) is 0 Å². The van der Waals surface area contributed by atoms with Crippen molar-refractivity contribution in [3.8, 4) is 0 Å². The first-order valence-electron chi connectivity index (χ1n) is 6.99. The normalized spacial score (nSPS) is 29.0. The van der Waals surface area contributed by atoms with Gasteiger partial charge in [0.15, 0.2) is 6.10 Å². The Hall–Kier alpha value is -1.35. The predicted molar refractivity (Wildman–Crippen MR) is 73.7 cm³/mol. The van der Waals surface area contributed by atoms with E-state index in [0.29, 0.717) is 25.7 Å². The van der Waals surface area contributed by atoms with Crippen LogP contribution in [0.15, 0.2) is 0 Å². The Labute approximate surface area is 123 Å². The van der Waals surface area contributed by atoms with Crippen molar-refractivity contribution in [2.75, 3.05) is 18.1 Å². The molecule has 0 spiro atoms. The molecule has 2 rings (SSSR count). The molecule has 2 aliphatic heterocycles. The lowest BCUT2D eigenvalue weighted by molar-refractivity contribution is -0.149. The quantitative estimate of drug-likeness (QED) is 0.641. The van der Waals surface area contributed by atoms with Crippen LogP contribution in [0.1, 0.15) is 25.7 Å². The molecule has 2 amide bonds. The highest BCUT2D eigenvalue weighted by Crippen LogP contribution is 2.19. The fourth-order valence-electron chi connectivity index (χ4n) is 2.51. The zero-order valence-corrected chi connectivity index (χ0v) is 12.4. The highest BCUT2D eigenvalue weighted by Gasteiger charge is 2.31. The minimum Gasteiger partial charge on any atom is -0.479 e. The minimum atomic E-state index is -2.94. The van der Waals surface area contributed by atoms with Crippen LogP contribution in [0.2, 0.25) is 0 Å². The van der Waals surface area contributed by atoms with Crippen LogP contribution in [0.25, 0.3) is 0 Å². The summed E-state index contributed by atoms with van der Waals surface area (Å²) in [6.45, 7) is 0.251. The Balaban J connectivity index is 1.66. The summed E-state index contributed by atoms with van der Waals surface area (Å²) in [4.78, 5) is 22.4. The van der Waals surface area contributed by atoms with Crippen LogP contribution >= 0.6 is 0 Å². The van der Waals surface area contributed by atoms with Crippen LogP contribution in [0.3, 0.4) is 0 Å². The molecule has 2 unspecified atom stereocenters. The topological polar surface area (TPSA) is 122 Å². The number of ether oxygens (including phenoxy) is 1. The molecule has 3 N–H and O–H groups in total. The van der Waals surface area contributed by atoms with Gasteiger partial charge in [0.1, 0.15) is 9.84 Å². The van der Waals surface area contributed by atoms with E-state index in [4.69, 9.17) is 9.84 Å². The van der Waals surface area contributed by atoms with Crippen LogP contribution < -0.4 is 10.6 Å². The summed E-state index contributed by atoms with van der Waals surface area (Å²) in [5.74, 6) is -0.779. The third-order valence-corrected chi connectivity index (χ3v) is 5.48. The molecular weight excluding hydrogens is 300 g/mol. The van der Waals surface area contributed by atoms with Gasteiger partial charge < -0.3 is 20.5 Å². The molecule has 2 fully saturated rings. The van der Waals surface area contributed by atoms with Crippen molar-refractivity contribution in [3.63, 3.8) is 0 Å². The van der Waals surface area contributed by atoms with Crippen LogP contribution in [0.4, 0.5) is 4.79 Å². The van der Waals surface area contributed by atoms with Gasteiger partial charge in [-0.1, -0.05) is 0 Å². The second kappa shape index (κ2) is 6.61. The third kappa shape index (κ3) is 4.85. The van der Waals surface area contributed by atoms with Gasteiger partial charge in [-0.05, 0) is 25.7 Å². The van der Waals surface area contributed by atoms with E-state index < -0.39 is 21.9 Å². The molecule has 8 nitrogen and oxygen atoms in total. The average Bonchev–Trinajstić information content (AvgIpc) is 2.88. The molecule has 2 saturated heterocycles. The molecule has 9 heteroatoms. The van der Waals surface area contributed by atoms with E-state index in [1.807, 2.05) is 0 Å². The summed E-state index contributed by atoms with van der Waals surface area (Å²) in [6, 6.07) is -0.508. The number of carbonyl (C=O) groups excluding carboxylic acids is 1. The SMILES string of the molecule is O=C(NCC1CCC(C(=O)O)O1)NC1CCS(=O)(=O)CC1. The highest BCUT2D eigenvalue weighted by atomic mass is 32.2. The molecule has 0 aromatic rings. The first-order valence-corrected chi connectivity index (χ1v) is 8.81. The van der Waals surface area contributed by atoms with E-state index in [1.54, 1.807) is 0 Å². The third-order valence-electron chi connectivity index (χ3n) is 3.76. The number of carboxylic acids is 1. The summed E-state index contributed by atoms with van der Waals surface area (Å²) in [5.41, 5.74) is 0. The molecule has 0 radical (unpaired) electrons. The van der Waals surface area contributed by atoms with Gasteiger partial charge in [0, 0.05) is 12.6 Å². The lowest BCUT2D eigenvalue weighted by Gasteiger charge is -2.23. The molecule has 2 atom stereocenters. The summed E-state index contributed by atoms with van der Waals surface area (Å²) >= 11 is 0. The Bertz CT molecular complexity index is 492. The second-order valence-electron chi connectivity index (χ2n) is 5.44. The van der Waals surface area contributed by atoms with Crippen LogP contribution in [0, 0.1) is 0 Å². The van der Waals surface area contributed by atoms with Crippen molar-refractivity contribution in [1.82, 2.24) is 10.6 Å². The van der Waals surface area contributed by atoms with E-state index in [2.05, 4.69) is 10.6 Å². The smallest absolute Gasteiger partial charge is 0.332 e. The fraction of sp³-hybridized carbons (Fsp3) is 0.833. The van der Waals surface area contributed by atoms with Gasteiger partial charge in [-0.3, -0.25) is 0 Å². The van der Waals surface area contributed by atoms with Crippen LogP contribution in [-0.4, -0.2) is 61.8 Å². The molecule has 120 valence electrons. The first kappa shape index (κ1) is 16.0. The van der Waals surface area contributed by atoms with Crippen LogP contribution in [-0.2, 0) is 19.4 Å². The Morgan fingerprint density at radius 2 is 1.81 bits per heavy atom. The largest absolute Gasteiger partial charge is 0.479 e. The van der Waals surface area contributed by atoms with E-state index >= 15 is 0 Å². The van der Waals surface area contributed by atoms with Crippen molar-refractivity contribution < 1.29 is 27.9 Å². The van der Waals surface area contributed by atoms with Gasteiger partial charge in [0.05, 0.1) is 17.6 Å². The van der Waals surface area contributed by atoms with Gasteiger partial charge in [0.2, 0.25) is 0 Å². The number of aliphatic carboxylic acids is 1. The number of amides is 2. The summed E-state index contributed by atoms with van der Waals surface area (Å²) in [6.07, 6.45) is 0.822.